The fraction of sp³-hybridized carbons (Fsp3) is 0.500. The average molecular weight is 329 g/mol. The van der Waals surface area contributed by atoms with Crippen LogP contribution < -0.4 is 0 Å². The van der Waals surface area contributed by atoms with E-state index in [0.29, 0.717) is 31.1 Å². The lowest BCUT2D eigenvalue weighted by molar-refractivity contribution is -0.127. The number of halogens is 1. The van der Waals surface area contributed by atoms with Gasteiger partial charge in [-0.2, -0.15) is 4.98 Å². The Balaban J connectivity index is 1.50. The molecule has 0 radical (unpaired) electrons. The van der Waals surface area contributed by atoms with Crippen LogP contribution in [0.2, 0.25) is 0 Å². The molecule has 2 fully saturated rings. The van der Waals surface area contributed by atoms with Gasteiger partial charge >= 0.3 is 0 Å². The number of aromatic nitrogens is 2. The van der Waals surface area contributed by atoms with Gasteiger partial charge in [-0.15, -0.1) is 0 Å². The van der Waals surface area contributed by atoms with Crippen molar-refractivity contribution >= 4 is 5.91 Å². The molecule has 1 saturated carbocycles. The summed E-state index contributed by atoms with van der Waals surface area (Å²) < 4.78 is 18.6. The van der Waals surface area contributed by atoms with Gasteiger partial charge in [0.25, 0.3) is 0 Å². The largest absolute Gasteiger partial charge is 0.342 e. The Morgan fingerprint density at radius 1 is 1.21 bits per heavy atom. The summed E-state index contributed by atoms with van der Waals surface area (Å²) in [6.45, 7) is 1.45. The monoisotopic (exact) mass is 329 g/mol. The molecule has 0 atom stereocenters. The van der Waals surface area contributed by atoms with Gasteiger partial charge in [-0.05, 0) is 37.0 Å². The topological polar surface area (TPSA) is 59.2 Å². The van der Waals surface area contributed by atoms with Gasteiger partial charge in [0.05, 0.1) is 5.41 Å². The molecule has 24 heavy (non-hydrogen) atoms. The SMILES string of the molecule is O=C1CCCN1CCc1nc(C2(c3ccc(F)cc3)CCC2)no1. The highest BCUT2D eigenvalue weighted by atomic mass is 19.1. The number of nitrogens with zero attached hydrogens (tertiary/aromatic N) is 3. The second-order valence-electron chi connectivity index (χ2n) is 6.69. The van der Waals surface area contributed by atoms with E-state index in [1.54, 1.807) is 0 Å². The van der Waals surface area contributed by atoms with E-state index in [1.165, 1.54) is 12.1 Å². The van der Waals surface area contributed by atoms with Gasteiger partial charge in [-0.1, -0.05) is 23.7 Å². The van der Waals surface area contributed by atoms with Crippen LogP contribution in [-0.2, 0) is 16.6 Å². The Morgan fingerprint density at radius 2 is 2.00 bits per heavy atom. The van der Waals surface area contributed by atoms with Crippen molar-refractivity contribution in [3.05, 3.63) is 47.4 Å². The normalized spacial score (nSPS) is 19.5. The zero-order valence-corrected chi connectivity index (χ0v) is 13.5. The standard InChI is InChI=1S/C18H20FN3O2/c19-14-6-4-13(5-7-14)18(9-2-10-18)17-20-15(24-21-17)8-12-22-11-1-3-16(22)23/h4-7H,1-3,8-12H2. The summed E-state index contributed by atoms with van der Waals surface area (Å²) in [6.07, 6.45) is 5.15. The van der Waals surface area contributed by atoms with Crippen LogP contribution in [0, 0.1) is 5.82 Å². The van der Waals surface area contributed by atoms with Crippen molar-refractivity contribution in [1.82, 2.24) is 15.0 Å². The molecule has 126 valence electrons. The molecule has 6 heteroatoms. The molecule has 1 aliphatic heterocycles. The van der Waals surface area contributed by atoms with Crippen molar-refractivity contribution in [2.24, 2.45) is 0 Å². The highest BCUT2D eigenvalue weighted by molar-refractivity contribution is 5.78. The number of hydrogen-bond donors (Lipinski definition) is 0. The van der Waals surface area contributed by atoms with E-state index in [2.05, 4.69) is 10.1 Å². The van der Waals surface area contributed by atoms with Crippen LogP contribution in [0.1, 0.15) is 49.4 Å². The van der Waals surface area contributed by atoms with Crippen LogP contribution in [0.15, 0.2) is 28.8 Å². The molecule has 0 spiro atoms. The molecule has 1 amide bonds. The minimum Gasteiger partial charge on any atom is -0.342 e. The molecule has 4 rings (SSSR count). The van der Waals surface area contributed by atoms with Crippen molar-refractivity contribution in [3.8, 4) is 0 Å². The number of carbonyl (C=O) groups excluding carboxylic acids is 1. The number of hydrogen-bond acceptors (Lipinski definition) is 4. The van der Waals surface area contributed by atoms with Gasteiger partial charge in [0.2, 0.25) is 11.8 Å². The summed E-state index contributed by atoms with van der Waals surface area (Å²) in [7, 11) is 0. The number of rotatable bonds is 5. The Morgan fingerprint density at radius 3 is 2.62 bits per heavy atom. The third-order valence-corrected chi connectivity index (χ3v) is 5.27. The van der Waals surface area contributed by atoms with Crippen LogP contribution in [0.4, 0.5) is 4.39 Å². The van der Waals surface area contributed by atoms with Crippen LogP contribution in [-0.4, -0.2) is 34.0 Å². The van der Waals surface area contributed by atoms with Gasteiger partial charge in [0.15, 0.2) is 5.82 Å². The van der Waals surface area contributed by atoms with Gasteiger partial charge in [0.1, 0.15) is 5.82 Å². The summed E-state index contributed by atoms with van der Waals surface area (Å²) in [5.41, 5.74) is 0.788. The predicted molar refractivity (Wildman–Crippen MR) is 84.8 cm³/mol. The zero-order chi connectivity index (χ0) is 16.6. The molecule has 2 aliphatic rings. The van der Waals surface area contributed by atoms with Crippen molar-refractivity contribution in [2.75, 3.05) is 13.1 Å². The van der Waals surface area contributed by atoms with Crippen molar-refractivity contribution < 1.29 is 13.7 Å². The Kier molecular flexibility index (Phi) is 3.82. The molecule has 0 N–H and O–H groups in total. The highest BCUT2D eigenvalue weighted by Gasteiger charge is 2.44. The summed E-state index contributed by atoms with van der Waals surface area (Å²) in [5.74, 6) is 1.22. The lowest BCUT2D eigenvalue weighted by atomic mass is 9.64. The number of benzene rings is 1. The van der Waals surface area contributed by atoms with Crippen LogP contribution in [0.3, 0.4) is 0 Å². The predicted octanol–water partition coefficient (Wildman–Crippen LogP) is 2.84. The molecule has 0 unspecified atom stereocenters. The zero-order valence-electron chi connectivity index (χ0n) is 13.5. The number of amides is 1. The van der Waals surface area contributed by atoms with Crippen molar-refractivity contribution in [2.45, 2.75) is 43.9 Å². The Labute approximate surface area is 139 Å². The smallest absolute Gasteiger partial charge is 0.228 e. The maximum absolute atomic E-state index is 13.2. The lowest BCUT2D eigenvalue weighted by Crippen LogP contribution is -2.36. The molecule has 2 heterocycles. The molecule has 1 aliphatic carbocycles. The van der Waals surface area contributed by atoms with Gasteiger partial charge < -0.3 is 9.42 Å². The lowest BCUT2D eigenvalue weighted by Gasteiger charge is -2.39. The fourth-order valence-electron chi connectivity index (χ4n) is 3.66. The van der Waals surface area contributed by atoms with Crippen molar-refractivity contribution in [1.29, 1.82) is 0 Å². The quantitative estimate of drug-likeness (QED) is 0.846. The summed E-state index contributed by atoms with van der Waals surface area (Å²) in [5, 5.41) is 4.19. The second kappa shape index (κ2) is 6.00. The van der Waals surface area contributed by atoms with E-state index in [1.807, 2.05) is 17.0 Å². The number of carbonyl (C=O) groups is 1. The van der Waals surface area contributed by atoms with E-state index in [4.69, 9.17) is 4.52 Å². The maximum Gasteiger partial charge on any atom is 0.228 e. The van der Waals surface area contributed by atoms with Crippen LogP contribution >= 0.6 is 0 Å². The third kappa shape index (κ3) is 2.60. The van der Waals surface area contributed by atoms with E-state index < -0.39 is 0 Å². The molecular formula is C18H20FN3O2. The third-order valence-electron chi connectivity index (χ3n) is 5.27. The maximum atomic E-state index is 13.2. The van der Waals surface area contributed by atoms with E-state index in [-0.39, 0.29) is 17.1 Å². The van der Waals surface area contributed by atoms with Crippen LogP contribution in [0.25, 0.3) is 0 Å². The number of likely N-dealkylation sites (tertiary alicyclic amines) is 1. The fourth-order valence-corrected chi connectivity index (χ4v) is 3.66. The Bertz CT molecular complexity index is 737. The molecule has 1 aromatic carbocycles. The van der Waals surface area contributed by atoms with Crippen LogP contribution in [0.5, 0.6) is 0 Å². The molecular weight excluding hydrogens is 309 g/mol. The molecule has 5 nitrogen and oxygen atoms in total. The first kappa shape index (κ1) is 15.3. The summed E-state index contributed by atoms with van der Waals surface area (Å²) in [4.78, 5) is 18.1. The summed E-state index contributed by atoms with van der Waals surface area (Å²) in [6, 6.07) is 6.59. The summed E-state index contributed by atoms with van der Waals surface area (Å²) >= 11 is 0. The minimum atomic E-state index is -0.251. The highest BCUT2D eigenvalue weighted by Crippen LogP contribution is 2.47. The molecule has 2 aromatic rings. The van der Waals surface area contributed by atoms with Gasteiger partial charge in [-0.3, -0.25) is 4.79 Å². The van der Waals surface area contributed by atoms with E-state index in [0.717, 1.165) is 37.8 Å². The Hall–Kier alpha value is -2.24. The first-order chi connectivity index (χ1) is 11.7. The first-order valence-electron chi connectivity index (χ1n) is 8.54. The average Bonchev–Trinajstić information content (AvgIpc) is 3.15. The van der Waals surface area contributed by atoms with E-state index >= 15 is 0 Å². The first-order valence-corrected chi connectivity index (χ1v) is 8.54. The molecule has 1 aromatic heterocycles. The van der Waals surface area contributed by atoms with Gasteiger partial charge in [-0.25, -0.2) is 4.39 Å². The van der Waals surface area contributed by atoms with Gasteiger partial charge in [0, 0.05) is 25.9 Å². The van der Waals surface area contributed by atoms with E-state index in [9.17, 15) is 9.18 Å². The second-order valence-corrected chi connectivity index (χ2v) is 6.69. The minimum absolute atomic E-state index is 0.205. The van der Waals surface area contributed by atoms with Crippen molar-refractivity contribution in [3.63, 3.8) is 0 Å². The molecule has 1 saturated heterocycles. The molecule has 0 bridgehead atoms.